The Bertz CT molecular complexity index is 3640. The number of fused-ring (bicyclic) bond motifs is 3. The first kappa shape index (κ1) is 87.4. The standard InChI is InChI=1S/C76H106F8N12O13/c1-13-23-54-65(100)86-63(45(5)15-3)71(106)90(8)44-61(99)92(10)55-26-18-17-21-36-95(70(55)105)58(39-46-27-30-49(31-28-46)75(79,80)81)69(104)89(7)43-59(97)85-53(32-29-47-37-51(77)62(52(78)38-47)76(82,83)84)67(102)96-42-50(109-16-4)40-56(96)66(101)87-74(33-22-34-74)73(108)94(12)64(48-24-19-20-25-48)72(107)93(11)57(41-60(98)91(54)9)68(103)88(6)35-14-2/h17-18,27-28,30-31,37-38,45,48,50,53-58,63-64H,13-16,19-26,29,32-36,39-44H2,1-12H3,(H,85,97)(H,86,100)(H,87,101)/b18-17-/t45-,50+,53-,54-,55-,56-,57-,58-,63-,64-/m0/s1. The number of benzene rings is 2. The van der Waals surface area contributed by atoms with E-state index in [9.17, 15) is 55.1 Å². The highest BCUT2D eigenvalue weighted by Crippen LogP contribution is 2.40. The Morgan fingerprint density at radius 2 is 1.29 bits per heavy atom. The second kappa shape index (κ2) is 37.8. The predicted octanol–water partition coefficient (Wildman–Crippen LogP) is 6.27. The molecule has 2 bridgehead atoms. The van der Waals surface area contributed by atoms with E-state index < -0.39 is 222 Å². The van der Waals surface area contributed by atoms with Crippen LogP contribution in [0.1, 0.15) is 160 Å². The van der Waals surface area contributed by atoms with Crippen LogP contribution in [0.25, 0.3) is 0 Å². The van der Waals surface area contributed by atoms with Crippen molar-refractivity contribution in [1.82, 2.24) is 60.0 Å². The van der Waals surface area contributed by atoms with Crippen molar-refractivity contribution in [1.29, 1.82) is 0 Å². The Morgan fingerprint density at radius 3 is 1.86 bits per heavy atom. The second-order valence-corrected chi connectivity index (χ2v) is 29.7. The number of hydrogen-bond donors (Lipinski definition) is 3. The topological polar surface area (TPSA) is 279 Å². The van der Waals surface area contributed by atoms with E-state index in [1.807, 2.05) is 6.92 Å². The number of ether oxygens (including phenoxy) is 1. The molecular formula is C76H106F8N12O13. The van der Waals surface area contributed by atoms with E-state index in [0.717, 1.165) is 65.6 Å². The Kier molecular flexibility index (Phi) is 30.3. The lowest BCUT2D eigenvalue weighted by atomic mass is 9.74. The molecule has 0 aromatic heterocycles. The minimum atomic E-state index is -5.46. The molecule has 25 nitrogen and oxygen atoms in total. The third-order valence-corrected chi connectivity index (χ3v) is 22.1. The number of carbonyl (C=O) groups excluding carboxylic acids is 12. The van der Waals surface area contributed by atoms with Crippen molar-refractivity contribution >= 4 is 70.9 Å². The lowest BCUT2D eigenvalue weighted by molar-refractivity contribution is -0.158. The maximum atomic E-state index is 15.6. The van der Waals surface area contributed by atoms with Gasteiger partial charge in [-0.15, -0.1) is 0 Å². The van der Waals surface area contributed by atoms with Crippen LogP contribution in [0.2, 0.25) is 0 Å². The van der Waals surface area contributed by atoms with Crippen LogP contribution in [0.5, 0.6) is 0 Å². The number of nitrogens with one attached hydrogen (secondary N) is 3. The van der Waals surface area contributed by atoms with E-state index >= 15 is 37.5 Å². The van der Waals surface area contributed by atoms with Crippen LogP contribution >= 0.6 is 0 Å². The Morgan fingerprint density at radius 1 is 0.661 bits per heavy atom. The molecule has 5 aliphatic rings. The zero-order valence-corrected chi connectivity index (χ0v) is 64.3. The Hall–Kier alpha value is -8.78. The van der Waals surface area contributed by atoms with Gasteiger partial charge in [0.25, 0.3) is 0 Å². The summed E-state index contributed by atoms with van der Waals surface area (Å²) in [6.07, 6.45) is -6.56. The zero-order valence-electron chi connectivity index (χ0n) is 64.3. The number of aryl methyl sites for hydroxylation is 1. The first-order chi connectivity index (χ1) is 51.2. The van der Waals surface area contributed by atoms with E-state index in [1.165, 1.54) is 52.1 Å². The highest BCUT2D eigenvalue weighted by molar-refractivity contribution is 6.01. The number of carbonyl (C=O) groups is 12. The first-order valence-electron chi connectivity index (χ1n) is 37.6. The maximum absolute atomic E-state index is 15.6. The van der Waals surface area contributed by atoms with Crippen LogP contribution in [0.15, 0.2) is 48.6 Å². The van der Waals surface area contributed by atoms with E-state index in [4.69, 9.17) is 4.74 Å². The van der Waals surface area contributed by atoms with Gasteiger partial charge in [-0.1, -0.05) is 77.7 Å². The number of hydrogen-bond acceptors (Lipinski definition) is 13. The summed E-state index contributed by atoms with van der Waals surface area (Å²) in [5.74, 6) is -15.0. The van der Waals surface area contributed by atoms with Gasteiger partial charge in [0, 0.05) is 88.4 Å². The molecule has 12 amide bonds. The fourth-order valence-electron chi connectivity index (χ4n) is 15.3. The molecule has 33 heteroatoms. The Labute approximate surface area is 631 Å². The van der Waals surface area contributed by atoms with Crippen LogP contribution in [-0.4, -0.2) is 264 Å². The van der Waals surface area contributed by atoms with Crippen molar-refractivity contribution < 1.29 is 97.4 Å². The molecule has 604 valence electrons. The zero-order chi connectivity index (χ0) is 80.9. The molecule has 1 spiro atoms. The molecule has 2 saturated heterocycles. The van der Waals surface area contributed by atoms with E-state index in [0.29, 0.717) is 63.5 Å². The quantitative estimate of drug-likeness (QED) is 0.131. The van der Waals surface area contributed by atoms with Gasteiger partial charge in [-0.05, 0) is 125 Å². The van der Waals surface area contributed by atoms with Crippen molar-refractivity contribution in [2.45, 2.75) is 223 Å². The molecule has 3 N–H and O–H groups in total. The summed E-state index contributed by atoms with van der Waals surface area (Å²) in [6.45, 7) is 6.73. The van der Waals surface area contributed by atoms with Gasteiger partial charge in [-0.25, -0.2) is 8.78 Å². The van der Waals surface area contributed by atoms with Gasteiger partial charge in [-0.2, -0.15) is 26.3 Å². The normalized spacial score (nSPS) is 25.9. The number of amides is 12. The fourth-order valence-corrected chi connectivity index (χ4v) is 15.3. The smallest absolute Gasteiger partial charge is 0.377 e. The number of rotatable bonds is 15. The molecule has 7 rings (SSSR count). The van der Waals surface area contributed by atoms with E-state index in [-0.39, 0.29) is 70.3 Å². The summed E-state index contributed by atoms with van der Waals surface area (Å²) in [5.41, 5.74) is -5.24. The van der Waals surface area contributed by atoms with Gasteiger partial charge in [0.1, 0.15) is 71.1 Å². The van der Waals surface area contributed by atoms with Gasteiger partial charge in [0.05, 0.1) is 31.2 Å². The molecule has 2 saturated carbocycles. The average Bonchev–Trinajstić information content (AvgIpc) is 1.71. The minimum Gasteiger partial charge on any atom is -0.377 e. The van der Waals surface area contributed by atoms with E-state index in [2.05, 4.69) is 16.0 Å². The van der Waals surface area contributed by atoms with Crippen LogP contribution in [0, 0.1) is 23.5 Å². The number of alkyl halides is 6. The van der Waals surface area contributed by atoms with Crippen molar-refractivity contribution in [3.63, 3.8) is 0 Å². The van der Waals surface area contributed by atoms with Gasteiger partial charge in [-0.3, -0.25) is 57.5 Å². The lowest BCUT2D eigenvalue weighted by Crippen LogP contribution is -2.68. The summed E-state index contributed by atoms with van der Waals surface area (Å²) in [5, 5.41) is 8.27. The highest BCUT2D eigenvalue weighted by atomic mass is 19.4. The summed E-state index contributed by atoms with van der Waals surface area (Å²) >= 11 is 0. The SMILES string of the molecule is CCC[C@H]1C(=O)N[C@@H]([C@@H](C)CC)C(=O)N(C)CC(=O)N(C)[C@H]2C/C=C\CCN(C2=O)[C@@H](Cc2ccc(C(F)(F)F)cc2)C(=O)N(C)CC(=O)N[C@@H](CCc2cc(F)c(C(F)(F)F)c(F)c2)C(=O)N2C[C@H](OCC)C[C@H]2C(=O)NC2(CCC2)C(=O)N(C)[C@@H](C2CCCC2)C(=O)N(C)[C@H](C(=O)N(C)CCC)CC(=O)N1C. The molecule has 0 radical (unpaired) electrons. The van der Waals surface area contributed by atoms with Crippen molar-refractivity contribution in [3.8, 4) is 0 Å². The van der Waals surface area contributed by atoms with Crippen LogP contribution < -0.4 is 16.0 Å². The summed E-state index contributed by atoms with van der Waals surface area (Å²) in [7, 11) is 9.37. The summed E-state index contributed by atoms with van der Waals surface area (Å²) in [6, 6.07) is -7.26. The maximum Gasteiger partial charge on any atom is 0.422 e. The monoisotopic (exact) mass is 1550 g/mol. The van der Waals surface area contributed by atoms with Gasteiger partial charge in [0.15, 0.2) is 0 Å². The fraction of sp³-hybridized carbons (Fsp3) is 0.658. The minimum absolute atomic E-state index is 0.0365. The second-order valence-electron chi connectivity index (χ2n) is 29.7. The Balaban J connectivity index is 1.35. The largest absolute Gasteiger partial charge is 0.422 e. The molecule has 2 aliphatic carbocycles. The third-order valence-electron chi connectivity index (χ3n) is 22.1. The average molecular weight is 1550 g/mol. The molecule has 3 aliphatic heterocycles. The molecule has 2 aromatic carbocycles. The van der Waals surface area contributed by atoms with Crippen molar-refractivity contribution in [3.05, 3.63) is 82.4 Å². The van der Waals surface area contributed by atoms with Crippen molar-refractivity contribution in [2.24, 2.45) is 11.8 Å². The predicted molar refractivity (Wildman–Crippen MR) is 383 cm³/mol. The summed E-state index contributed by atoms with van der Waals surface area (Å²) < 4.78 is 120. The van der Waals surface area contributed by atoms with E-state index in [1.54, 1.807) is 39.8 Å². The van der Waals surface area contributed by atoms with Gasteiger partial charge >= 0.3 is 12.4 Å². The van der Waals surface area contributed by atoms with Crippen LogP contribution in [0.3, 0.4) is 0 Å². The first-order valence-corrected chi connectivity index (χ1v) is 37.6. The van der Waals surface area contributed by atoms with Crippen LogP contribution in [0.4, 0.5) is 35.1 Å². The molecule has 0 unspecified atom stereocenters. The molecule has 2 aromatic rings. The molecular weight excluding hydrogens is 1440 g/mol. The van der Waals surface area contributed by atoms with Crippen LogP contribution in [-0.2, 0) is 87.5 Å². The molecule has 10 atom stereocenters. The number of halogens is 8. The van der Waals surface area contributed by atoms with Gasteiger partial charge < -0.3 is 64.8 Å². The molecule has 109 heavy (non-hydrogen) atoms. The summed E-state index contributed by atoms with van der Waals surface area (Å²) in [4.78, 5) is 191. The highest BCUT2D eigenvalue weighted by Gasteiger charge is 2.54. The lowest BCUT2D eigenvalue weighted by Gasteiger charge is -2.46. The third kappa shape index (κ3) is 21.0. The van der Waals surface area contributed by atoms with Crippen molar-refractivity contribution in [2.75, 3.05) is 88.7 Å². The van der Waals surface area contributed by atoms with Gasteiger partial charge in [0.2, 0.25) is 70.9 Å². The molecule has 4 fully saturated rings. The molecule has 3 heterocycles. The number of likely N-dealkylation sites (N-methyl/N-ethyl adjacent to an activating group) is 7. The number of nitrogens with zero attached hydrogens (tertiary/aromatic N) is 9.